The largest absolute Gasteiger partial charge is 0.460 e. The van der Waals surface area contributed by atoms with Gasteiger partial charge in [-0.15, -0.1) is 0 Å². The third kappa shape index (κ3) is 3.79. The Morgan fingerprint density at radius 1 is 0.864 bits per heavy atom. The maximum absolute atomic E-state index is 6.19. The fourth-order valence-corrected chi connectivity index (χ4v) is 2.60. The monoisotopic (exact) mass is 311 g/mol. The lowest BCUT2D eigenvalue weighted by Gasteiger charge is -2.03. The molecule has 0 spiro atoms. The van der Waals surface area contributed by atoms with Crippen LogP contribution in [-0.4, -0.2) is 6.54 Å². The van der Waals surface area contributed by atoms with E-state index < -0.39 is 0 Å². The van der Waals surface area contributed by atoms with Crippen LogP contribution in [0.3, 0.4) is 0 Å². The van der Waals surface area contributed by atoms with Crippen molar-refractivity contribution >= 4 is 11.6 Å². The van der Waals surface area contributed by atoms with Crippen molar-refractivity contribution in [3.05, 3.63) is 83.1 Å². The third-order valence-corrected chi connectivity index (χ3v) is 3.86. The van der Waals surface area contributed by atoms with Crippen molar-refractivity contribution in [2.24, 2.45) is 0 Å². The minimum absolute atomic E-state index is 0.709. The summed E-state index contributed by atoms with van der Waals surface area (Å²) in [7, 11) is 0. The zero-order valence-corrected chi connectivity index (χ0v) is 13.0. The van der Waals surface area contributed by atoms with Gasteiger partial charge in [-0.1, -0.05) is 54.1 Å². The minimum Gasteiger partial charge on any atom is -0.460 e. The predicted octanol–water partition coefficient (Wildman–Crippen LogP) is 4.93. The topological polar surface area (TPSA) is 25.2 Å². The van der Waals surface area contributed by atoms with Gasteiger partial charge in [0.15, 0.2) is 0 Å². The Bertz CT molecular complexity index is 721. The van der Waals surface area contributed by atoms with Crippen LogP contribution in [0.2, 0.25) is 5.02 Å². The quantitative estimate of drug-likeness (QED) is 0.653. The molecule has 0 unspecified atom stereocenters. The molecule has 0 aliphatic carbocycles. The van der Waals surface area contributed by atoms with Crippen LogP contribution in [0.25, 0.3) is 11.3 Å². The summed E-state index contributed by atoms with van der Waals surface area (Å²) in [6.07, 6.45) is 1.01. The molecule has 0 saturated heterocycles. The number of rotatable bonds is 6. The number of benzene rings is 2. The summed E-state index contributed by atoms with van der Waals surface area (Å²) >= 11 is 6.19. The van der Waals surface area contributed by atoms with Gasteiger partial charge in [-0.25, -0.2) is 0 Å². The second-order valence-electron chi connectivity index (χ2n) is 5.16. The highest BCUT2D eigenvalue weighted by Gasteiger charge is 2.07. The summed E-state index contributed by atoms with van der Waals surface area (Å²) in [6.45, 7) is 1.64. The molecule has 22 heavy (non-hydrogen) atoms. The molecule has 3 rings (SSSR count). The van der Waals surface area contributed by atoms with Crippen molar-refractivity contribution in [2.75, 3.05) is 6.54 Å². The highest BCUT2D eigenvalue weighted by atomic mass is 35.5. The minimum atomic E-state index is 0.709. The van der Waals surface area contributed by atoms with E-state index in [4.69, 9.17) is 16.0 Å². The van der Waals surface area contributed by atoms with Gasteiger partial charge in [0, 0.05) is 5.56 Å². The highest BCUT2D eigenvalue weighted by molar-refractivity contribution is 6.33. The zero-order valence-electron chi connectivity index (χ0n) is 12.3. The van der Waals surface area contributed by atoms with Gasteiger partial charge in [0.2, 0.25) is 0 Å². The maximum Gasteiger partial charge on any atom is 0.135 e. The highest BCUT2D eigenvalue weighted by Crippen LogP contribution is 2.28. The van der Waals surface area contributed by atoms with Crippen molar-refractivity contribution in [3.8, 4) is 11.3 Å². The summed E-state index contributed by atoms with van der Waals surface area (Å²) in [5, 5.41) is 4.11. The van der Waals surface area contributed by atoms with Crippen LogP contribution in [0.5, 0.6) is 0 Å². The molecule has 1 aromatic heterocycles. The van der Waals surface area contributed by atoms with E-state index in [1.807, 2.05) is 42.5 Å². The average molecular weight is 312 g/mol. The SMILES string of the molecule is Clc1ccccc1-c1ccc(CNCCc2ccccc2)o1. The summed E-state index contributed by atoms with van der Waals surface area (Å²) in [5.41, 5.74) is 2.27. The van der Waals surface area contributed by atoms with Crippen LogP contribution in [0.4, 0.5) is 0 Å². The molecule has 0 aliphatic rings. The Kier molecular flexibility index (Phi) is 4.94. The lowest BCUT2D eigenvalue weighted by molar-refractivity contribution is 0.495. The molecule has 0 amide bonds. The Labute approximate surface area is 135 Å². The Morgan fingerprint density at radius 2 is 1.64 bits per heavy atom. The molecule has 1 heterocycles. The molecule has 3 heteroatoms. The standard InChI is InChI=1S/C19H18ClNO/c20-18-9-5-4-8-17(18)19-11-10-16(22-19)14-21-13-12-15-6-2-1-3-7-15/h1-11,21H,12-14H2. The molecular weight excluding hydrogens is 294 g/mol. The molecule has 0 saturated carbocycles. The number of hydrogen-bond acceptors (Lipinski definition) is 2. The van der Waals surface area contributed by atoms with Gasteiger partial charge < -0.3 is 9.73 Å². The summed E-state index contributed by atoms with van der Waals surface area (Å²) in [6, 6.07) is 22.1. The molecule has 2 nitrogen and oxygen atoms in total. The normalized spacial score (nSPS) is 10.8. The number of hydrogen-bond donors (Lipinski definition) is 1. The first-order valence-electron chi connectivity index (χ1n) is 7.41. The Balaban J connectivity index is 1.53. The lowest BCUT2D eigenvalue weighted by atomic mass is 10.1. The maximum atomic E-state index is 6.19. The summed E-state index contributed by atoms with van der Waals surface area (Å²) in [5.74, 6) is 1.73. The van der Waals surface area contributed by atoms with Crippen molar-refractivity contribution < 1.29 is 4.42 Å². The van der Waals surface area contributed by atoms with Crippen molar-refractivity contribution in [2.45, 2.75) is 13.0 Å². The van der Waals surface area contributed by atoms with E-state index in [1.165, 1.54) is 5.56 Å². The first-order valence-corrected chi connectivity index (χ1v) is 7.79. The van der Waals surface area contributed by atoms with E-state index in [0.29, 0.717) is 5.02 Å². The van der Waals surface area contributed by atoms with Crippen LogP contribution in [0, 0.1) is 0 Å². The smallest absolute Gasteiger partial charge is 0.135 e. The molecule has 2 aromatic carbocycles. The molecule has 0 aliphatic heterocycles. The first kappa shape index (κ1) is 14.9. The third-order valence-electron chi connectivity index (χ3n) is 3.53. The first-order chi connectivity index (χ1) is 10.8. The molecule has 0 fully saturated rings. The van der Waals surface area contributed by atoms with Crippen molar-refractivity contribution in [1.82, 2.24) is 5.32 Å². The molecule has 0 atom stereocenters. The van der Waals surface area contributed by atoms with Gasteiger partial charge in [0.05, 0.1) is 11.6 Å². The van der Waals surface area contributed by atoms with Gasteiger partial charge in [0.25, 0.3) is 0 Å². The summed E-state index contributed by atoms with van der Waals surface area (Å²) < 4.78 is 5.86. The number of halogens is 1. The second kappa shape index (κ2) is 7.30. The Morgan fingerprint density at radius 3 is 2.45 bits per heavy atom. The van der Waals surface area contributed by atoms with Gasteiger partial charge in [0.1, 0.15) is 11.5 Å². The van der Waals surface area contributed by atoms with Crippen molar-refractivity contribution in [1.29, 1.82) is 0 Å². The Hall–Kier alpha value is -2.03. The molecule has 3 aromatic rings. The van der Waals surface area contributed by atoms with Crippen LogP contribution in [0.1, 0.15) is 11.3 Å². The molecular formula is C19H18ClNO. The van der Waals surface area contributed by atoms with E-state index in [1.54, 1.807) is 0 Å². The van der Waals surface area contributed by atoms with E-state index in [0.717, 1.165) is 36.6 Å². The van der Waals surface area contributed by atoms with Crippen LogP contribution in [0.15, 0.2) is 71.1 Å². The molecule has 112 valence electrons. The molecule has 0 bridgehead atoms. The van der Waals surface area contributed by atoms with E-state index in [-0.39, 0.29) is 0 Å². The summed E-state index contributed by atoms with van der Waals surface area (Å²) in [4.78, 5) is 0. The van der Waals surface area contributed by atoms with Crippen LogP contribution in [-0.2, 0) is 13.0 Å². The van der Waals surface area contributed by atoms with Gasteiger partial charge in [-0.2, -0.15) is 0 Å². The number of nitrogens with one attached hydrogen (secondary N) is 1. The molecule has 1 N–H and O–H groups in total. The van der Waals surface area contributed by atoms with Gasteiger partial charge >= 0.3 is 0 Å². The van der Waals surface area contributed by atoms with Crippen LogP contribution >= 0.6 is 11.6 Å². The van der Waals surface area contributed by atoms with Gasteiger partial charge in [-0.05, 0) is 42.8 Å². The zero-order chi connectivity index (χ0) is 15.2. The van der Waals surface area contributed by atoms with Crippen LogP contribution < -0.4 is 5.32 Å². The second-order valence-corrected chi connectivity index (χ2v) is 5.57. The van der Waals surface area contributed by atoms with E-state index in [2.05, 4.69) is 29.6 Å². The van der Waals surface area contributed by atoms with Crippen molar-refractivity contribution in [3.63, 3.8) is 0 Å². The van der Waals surface area contributed by atoms with E-state index in [9.17, 15) is 0 Å². The fraction of sp³-hybridized carbons (Fsp3) is 0.158. The number of furan rings is 1. The molecule has 0 radical (unpaired) electrons. The van der Waals surface area contributed by atoms with Gasteiger partial charge in [-0.3, -0.25) is 0 Å². The predicted molar refractivity (Wildman–Crippen MR) is 91.0 cm³/mol. The fourth-order valence-electron chi connectivity index (χ4n) is 2.37. The van der Waals surface area contributed by atoms with E-state index >= 15 is 0 Å². The lowest BCUT2D eigenvalue weighted by Crippen LogP contribution is -2.16. The average Bonchev–Trinajstić information content (AvgIpc) is 3.02.